The lowest BCUT2D eigenvalue weighted by molar-refractivity contribution is -0.138. The predicted octanol–water partition coefficient (Wildman–Crippen LogP) is -3.34. The SMILES string of the molecule is Cn1c(=O)c2c(ncn2CC(=O)O)n(C)c1=O.Cn1c(=O)c2c(ncn2CC(=O)O)n(C)c1=O.[Mg]. The van der Waals surface area contributed by atoms with Gasteiger partial charge in [-0.3, -0.25) is 37.4 Å². The predicted molar refractivity (Wildman–Crippen MR) is 121 cm³/mol. The molecule has 182 valence electrons. The first-order valence-electron chi connectivity index (χ1n) is 9.52. The van der Waals surface area contributed by atoms with E-state index in [0.29, 0.717) is 0 Å². The Morgan fingerprint density at radius 1 is 0.686 bits per heavy atom. The van der Waals surface area contributed by atoms with E-state index in [1.54, 1.807) is 0 Å². The molecule has 4 rings (SSSR count). The normalized spacial score (nSPS) is 10.6. The van der Waals surface area contributed by atoms with Gasteiger partial charge in [0.25, 0.3) is 11.1 Å². The first-order chi connectivity index (χ1) is 15.9. The molecule has 0 saturated carbocycles. The molecule has 0 bridgehead atoms. The maximum Gasteiger partial charge on any atom is 0.332 e. The van der Waals surface area contributed by atoms with Crippen molar-refractivity contribution in [1.29, 1.82) is 0 Å². The monoisotopic (exact) mass is 500 g/mol. The molecular formula is C18H20MgN8O8. The van der Waals surface area contributed by atoms with Gasteiger partial charge in [-0.25, -0.2) is 19.6 Å². The largest absolute Gasteiger partial charge is 0.480 e. The quantitative estimate of drug-likeness (QED) is 0.267. The molecule has 17 heteroatoms. The Labute approximate surface area is 210 Å². The minimum absolute atomic E-state index is 0. The summed E-state index contributed by atoms with van der Waals surface area (Å²) in [6.07, 6.45) is 2.47. The topological polar surface area (TPSA) is 198 Å². The van der Waals surface area contributed by atoms with E-state index in [1.807, 2.05) is 0 Å². The van der Waals surface area contributed by atoms with Crippen LogP contribution in [0.25, 0.3) is 22.3 Å². The number of aliphatic carboxylic acids is 2. The number of hydrogen-bond donors (Lipinski definition) is 2. The fourth-order valence-electron chi connectivity index (χ4n) is 3.33. The number of carbonyl (C=O) groups is 2. The number of imidazole rings is 2. The van der Waals surface area contributed by atoms with Gasteiger partial charge in [-0.2, -0.15) is 0 Å². The van der Waals surface area contributed by atoms with Crippen LogP contribution in [0.1, 0.15) is 0 Å². The summed E-state index contributed by atoms with van der Waals surface area (Å²) in [6, 6.07) is 0. The maximum absolute atomic E-state index is 11.9. The van der Waals surface area contributed by atoms with Crippen LogP contribution in [0.15, 0.2) is 31.8 Å². The fraction of sp³-hybridized carbons (Fsp3) is 0.333. The number of carboxylic acids is 2. The maximum atomic E-state index is 11.9. The summed E-state index contributed by atoms with van der Waals surface area (Å²) in [5.41, 5.74) is -1.53. The van der Waals surface area contributed by atoms with Crippen molar-refractivity contribution in [1.82, 2.24) is 37.4 Å². The van der Waals surface area contributed by atoms with Gasteiger partial charge in [0.05, 0.1) is 12.7 Å². The number of carboxylic acid groups (broad SMARTS) is 2. The number of aromatic nitrogens is 8. The minimum Gasteiger partial charge on any atom is -0.480 e. The van der Waals surface area contributed by atoms with Crippen molar-refractivity contribution in [3.8, 4) is 0 Å². The van der Waals surface area contributed by atoms with E-state index in [-0.39, 0.29) is 58.5 Å². The van der Waals surface area contributed by atoms with Crippen molar-refractivity contribution in [2.24, 2.45) is 28.2 Å². The lowest BCUT2D eigenvalue weighted by Crippen LogP contribution is -2.37. The van der Waals surface area contributed by atoms with E-state index < -0.39 is 34.4 Å². The number of nitrogens with zero attached hydrogens (tertiary/aromatic N) is 8. The summed E-state index contributed by atoms with van der Waals surface area (Å²) in [4.78, 5) is 75.9. The van der Waals surface area contributed by atoms with E-state index in [0.717, 1.165) is 9.13 Å². The average Bonchev–Trinajstić information content (AvgIpc) is 3.37. The standard InChI is InChI=1S/2C9H10N4O4.Mg/c2*1-11-7-6(8(16)12(2)9(11)17)13(4-10-7)3-5(14)15;/h2*4H,3H2,1-2H3,(H,14,15);. The minimum atomic E-state index is -1.08. The molecule has 0 aliphatic rings. The fourth-order valence-corrected chi connectivity index (χ4v) is 3.33. The van der Waals surface area contributed by atoms with Crippen LogP contribution in [0.3, 0.4) is 0 Å². The van der Waals surface area contributed by atoms with Gasteiger partial charge in [0.1, 0.15) is 13.1 Å². The van der Waals surface area contributed by atoms with Gasteiger partial charge in [0, 0.05) is 51.2 Å². The van der Waals surface area contributed by atoms with Gasteiger partial charge in [-0.15, -0.1) is 0 Å². The van der Waals surface area contributed by atoms with Crippen molar-refractivity contribution in [2.75, 3.05) is 0 Å². The molecule has 4 aromatic rings. The summed E-state index contributed by atoms with van der Waals surface area (Å²) in [5.74, 6) is -2.17. The Morgan fingerprint density at radius 2 is 1.00 bits per heavy atom. The van der Waals surface area contributed by atoms with Crippen LogP contribution in [0.5, 0.6) is 0 Å². The molecule has 0 saturated heterocycles. The van der Waals surface area contributed by atoms with Crippen LogP contribution >= 0.6 is 0 Å². The first kappa shape index (κ1) is 27.3. The highest BCUT2D eigenvalue weighted by atomic mass is 24.3. The third-order valence-corrected chi connectivity index (χ3v) is 5.05. The second-order valence-corrected chi connectivity index (χ2v) is 7.29. The molecule has 35 heavy (non-hydrogen) atoms. The van der Waals surface area contributed by atoms with Crippen molar-refractivity contribution >= 4 is 57.3 Å². The summed E-state index contributed by atoms with van der Waals surface area (Å²) < 4.78 is 6.66. The van der Waals surface area contributed by atoms with E-state index in [2.05, 4.69) is 9.97 Å². The second kappa shape index (κ2) is 10.1. The highest BCUT2D eigenvalue weighted by Crippen LogP contribution is 2.05. The van der Waals surface area contributed by atoms with Crippen LogP contribution in [0.2, 0.25) is 0 Å². The number of hydrogen-bond acceptors (Lipinski definition) is 8. The van der Waals surface area contributed by atoms with Crippen LogP contribution in [-0.2, 0) is 50.9 Å². The van der Waals surface area contributed by atoms with Crippen molar-refractivity contribution in [3.05, 3.63) is 54.3 Å². The molecule has 0 aliphatic heterocycles. The molecule has 2 N–H and O–H groups in total. The van der Waals surface area contributed by atoms with E-state index in [1.165, 1.54) is 59.1 Å². The molecule has 0 spiro atoms. The van der Waals surface area contributed by atoms with Crippen molar-refractivity contribution in [3.63, 3.8) is 0 Å². The van der Waals surface area contributed by atoms with E-state index in [4.69, 9.17) is 10.2 Å². The summed E-state index contributed by atoms with van der Waals surface area (Å²) in [6.45, 7) is -0.742. The lowest BCUT2D eigenvalue weighted by atomic mass is 10.5. The number of fused-ring (bicyclic) bond motifs is 2. The molecule has 16 nitrogen and oxygen atoms in total. The van der Waals surface area contributed by atoms with Gasteiger partial charge in [-0.05, 0) is 0 Å². The van der Waals surface area contributed by atoms with Crippen molar-refractivity contribution < 1.29 is 19.8 Å². The van der Waals surface area contributed by atoms with Gasteiger partial charge in [-0.1, -0.05) is 0 Å². The summed E-state index contributed by atoms with van der Waals surface area (Å²) >= 11 is 0. The third-order valence-electron chi connectivity index (χ3n) is 5.05. The number of rotatable bonds is 4. The molecular weight excluding hydrogens is 481 g/mol. The highest BCUT2D eigenvalue weighted by molar-refractivity contribution is 5.76. The van der Waals surface area contributed by atoms with Crippen LogP contribution in [0, 0.1) is 0 Å². The Hall–Kier alpha value is -3.99. The molecule has 4 aromatic heterocycles. The van der Waals surface area contributed by atoms with Gasteiger partial charge in [0.15, 0.2) is 22.3 Å². The average molecular weight is 501 g/mol. The summed E-state index contributed by atoms with van der Waals surface area (Å²) in [7, 11) is 5.62. The summed E-state index contributed by atoms with van der Waals surface area (Å²) in [5, 5.41) is 17.4. The third kappa shape index (κ3) is 4.80. The molecule has 4 heterocycles. The Kier molecular flexibility index (Phi) is 7.86. The highest BCUT2D eigenvalue weighted by Gasteiger charge is 2.16. The first-order valence-corrected chi connectivity index (χ1v) is 9.52. The van der Waals surface area contributed by atoms with Gasteiger partial charge < -0.3 is 19.3 Å². The Bertz CT molecular complexity index is 1570. The van der Waals surface area contributed by atoms with E-state index >= 15 is 0 Å². The Morgan fingerprint density at radius 3 is 1.29 bits per heavy atom. The molecule has 0 amide bonds. The zero-order chi connectivity index (χ0) is 25.5. The zero-order valence-corrected chi connectivity index (χ0v) is 20.6. The van der Waals surface area contributed by atoms with Gasteiger partial charge in [0.2, 0.25) is 0 Å². The molecule has 0 atom stereocenters. The van der Waals surface area contributed by atoms with Crippen LogP contribution in [-0.4, -0.2) is 82.6 Å². The lowest BCUT2D eigenvalue weighted by Gasteiger charge is -2.04. The van der Waals surface area contributed by atoms with Crippen molar-refractivity contribution in [2.45, 2.75) is 13.1 Å². The zero-order valence-electron chi connectivity index (χ0n) is 19.2. The molecule has 0 aromatic carbocycles. The molecule has 2 radical (unpaired) electrons. The van der Waals surface area contributed by atoms with Crippen LogP contribution in [0.4, 0.5) is 0 Å². The van der Waals surface area contributed by atoms with Crippen LogP contribution < -0.4 is 22.5 Å². The molecule has 0 aliphatic carbocycles. The van der Waals surface area contributed by atoms with Gasteiger partial charge >= 0.3 is 23.3 Å². The molecule has 0 unspecified atom stereocenters. The molecule has 0 fully saturated rings. The van der Waals surface area contributed by atoms with E-state index in [9.17, 15) is 28.8 Å². The number of aryl methyl sites for hydroxylation is 2. The Balaban J connectivity index is 0.000000240. The smallest absolute Gasteiger partial charge is 0.332 e. The second-order valence-electron chi connectivity index (χ2n) is 7.29.